The van der Waals surface area contributed by atoms with Gasteiger partial charge < -0.3 is 4.74 Å². The Hall–Kier alpha value is -1.73. The molecule has 0 fully saturated rings. The third kappa shape index (κ3) is 3.87. The maximum atomic E-state index is 12.9. The molecule has 0 radical (unpaired) electrons. The predicted molar refractivity (Wildman–Crippen MR) is 70.2 cm³/mol. The maximum absolute atomic E-state index is 12.9. The van der Waals surface area contributed by atoms with Gasteiger partial charge in [-0.1, -0.05) is 22.9 Å². The van der Waals surface area contributed by atoms with Crippen molar-refractivity contribution in [3.63, 3.8) is 0 Å². The minimum absolute atomic E-state index is 0.0577. The lowest BCUT2D eigenvalue weighted by atomic mass is 10.3. The predicted octanol–water partition coefficient (Wildman–Crippen LogP) is 2.66. The van der Waals surface area contributed by atoms with E-state index in [1.807, 2.05) is 0 Å². The third-order valence-electron chi connectivity index (χ3n) is 2.03. The number of hydrogen-bond donors (Lipinski definition) is 1. The molecular weight excluding hydrogens is 293 g/mol. The summed E-state index contributed by atoms with van der Waals surface area (Å²) in [7, 11) is 0. The first-order chi connectivity index (χ1) is 9.04. The summed E-state index contributed by atoms with van der Waals surface area (Å²) in [5.74, 6) is -0.602. The molecule has 0 atom stereocenters. The van der Waals surface area contributed by atoms with Gasteiger partial charge in [0.15, 0.2) is 6.61 Å². The zero-order valence-corrected chi connectivity index (χ0v) is 11.4. The van der Waals surface area contributed by atoms with E-state index < -0.39 is 5.82 Å². The molecule has 100 valence electrons. The summed E-state index contributed by atoms with van der Waals surface area (Å²) in [5.41, 5.74) is 0. The molecule has 0 unspecified atom stereocenters. The third-order valence-corrected chi connectivity index (χ3v) is 3.08. The van der Waals surface area contributed by atoms with Gasteiger partial charge in [-0.05, 0) is 19.1 Å². The van der Waals surface area contributed by atoms with E-state index in [0.717, 1.165) is 5.01 Å². The second-order valence-electron chi connectivity index (χ2n) is 3.54. The molecule has 1 heterocycles. The number of nitrogens with one attached hydrogen (secondary N) is 1. The summed E-state index contributed by atoms with van der Waals surface area (Å²) >= 11 is 6.85. The van der Waals surface area contributed by atoms with Crippen LogP contribution in [0.1, 0.15) is 5.01 Å². The number of aromatic nitrogens is 2. The van der Waals surface area contributed by atoms with Crippen LogP contribution in [-0.2, 0) is 4.79 Å². The van der Waals surface area contributed by atoms with E-state index in [2.05, 4.69) is 15.5 Å². The molecule has 1 N–H and O–H groups in total. The largest absolute Gasteiger partial charge is 0.484 e. The second-order valence-corrected chi connectivity index (χ2v) is 5.13. The molecule has 0 saturated carbocycles. The number of ether oxygens (including phenoxy) is 1. The Labute approximate surface area is 117 Å². The molecule has 0 aliphatic rings. The molecule has 0 bridgehead atoms. The topological polar surface area (TPSA) is 64.1 Å². The number of halogens is 2. The molecule has 2 rings (SSSR count). The number of nitrogens with zero attached hydrogens (tertiary/aromatic N) is 2. The van der Waals surface area contributed by atoms with Crippen LogP contribution in [0.15, 0.2) is 18.2 Å². The van der Waals surface area contributed by atoms with Crippen molar-refractivity contribution in [3.8, 4) is 5.75 Å². The van der Waals surface area contributed by atoms with E-state index in [1.165, 1.54) is 29.5 Å². The first kappa shape index (κ1) is 13.7. The zero-order valence-electron chi connectivity index (χ0n) is 9.81. The Morgan fingerprint density at radius 2 is 2.32 bits per heavy atom. The molecule has 2 aromatic rings. The van der Waals surface area contributed by atoms with Crippen molar-refractivity contribution in [1.29, 1.82) is 0 Å². The molecule has 0 saturated heterocycles. The average Bonchev–Trinajstić information content (AvgIpc) is 2.76. The highest BCUT2D eigenvalue weighted by atomic mass is 35.5. The summed E-state index contributed by atoms with van der Waals surface area (Å²) in [6.45, 7) is 1.56. The van der Waals surface area contributed by atoms with Gasteiger partial charge in [0.25, 0.3) is 5.91 Å². The fraction of sp³-hybridized carbons (Fsp3) is 0.182. The number of carbonyl (C=O) groups excluding carboxylic acids is 1. The standard InChI is InChI=1S/C11H9ClFN3O2S/c1-6-15-16-11(19-6)14-10(17)5-18-7-2-3-9(13)8(12)4-7/h2-4H,5H2,1H3,(H,14,16,17). The van der Waals surface area contributed by atoms with Crippen LogP contribution < -0.4 is 10.1 Å². The Bertz CT molecular complexity index is 605. The lowest BCUT2D eigenvalue weighted by Gasteiger charge is -2.06. The van der Waals surface area contributed by atoms with Crippen LogP contribution in [0.2, 0.25) is 5.02 Å². The smallest absolute Gasteiger partial charge is 0.264 e. The zero-order chi connectivity index (χ0) is 13.8. The SMILES string of the molecule is Cc1nnc(NC(=O)COc2ccc(F)c(Cl)c2)s1. The molecule has 0 spiro atoms. The molecule has 1 aromatic heterocycles. The maximum Gasteiger partial charge on any atom is 0.264 e. The van der Waals surface area contributed by atoms with Crippen LogP contribution in [0.3, 0.4) is 0 Å². The molecule has 1 aromatic carbocycles. The van der Waals surface area contributed by atoms with Gasteiger partial charge in [0.2, 0.25) is 5.13 Å². The quantitative estimate of drug-likeness (QED) is 0.943. The van der Waals surface area contributed by atoms with Crippen molar-refractivity contribution in [2.24, 2.45) is 0 Å². The fourth-order valence-electron chi connectivity index (χ4n) is 1.22. The van der Waals surface area contributed by atoms with Gasteiger partial charge >= 0.3 is 0 Å². The molecule has 5 nitrogen and oxygen atoms in total. The Morgan fingerprint density at radius 3 is 2.95 bits per heavy atom. The van der Waals surface area contributed by atoms with Gasteiger partial charge in [0.05, 0.1) is 5.02 Å². The highest BCUT2D eigenvalue weighted by Crippen LogP contribution is 2.21. The van der Waals surface area contributed by atoms with Crippen molar-refractivity contribution in [1.82, 2.24) is 10.2 Å². The summed E-state index contributed by atoms with van der Waals surface area (Å²) < 4.78 is 18.1. The van der Waals surface area contributed by atoms with Crippen molar-refractivity contribution in [2.45, 2.75) is 6.92 Å². The van der Waals surface area contributed by atoms with Crippen LogP contribution in [-0.4, -0.2) is 22.7 Å². The number of benzene rings is 1. The van der Waals surface area contributed by atoms with E-state index >= 15 is 0 Å². The van der Waals surface area contributed by atoms with Crippen LogP contribution >= 0.6 is 22.9 Å². The van der Waals surface area contributed by atoms with E-state index in [1.54, 1.807) is 6.92 Å². The monoisotopic (exact) mass is 301 g/mol. The summed E-state index contributed by atoms with van der Waals surface area (Å²) in [6, 6.07) is 3.87. The molecular formula is C11H9ClFN3O2S. The number of carbonyl (C=O) groups is 1. The minimum atomic E-state index is -0.539. The number of anilines is 1. The first-order valence-electron chi connectivity index (χ1n) is 5.22. The molecule has 19 heavy (non-hydrogen) atoms. The van der Waals surface area contributed by atoms with E-state index in [-0.39, 0.29) is 17.5 Å². The number of rotatable bonds is 4. The summed E-state index contributed by atoms with van der Waals surface area (Å²) in [6.07, 6.45) is 0. The van der Waals surface area contributed by atoms with E-state index in [0.29, 0.717) is 10.9 Å². The normalized spacial score (nSPS) is 10.3. The van der Waals surface area contributed by atoms with Crippen LogP contribution in [0.4, 0.5) is 9.52 Å². The summed E-state index contributed by atoms with van der Waals surface area (Å²) in [4.78, 5) is 11.5. The van der Waals surface area contributed by atoms with Crippen LogP contribution in [0.5, 0.6) is 5.75 Å². The van der Waals surface area contributed by atoms with E-state index in [9.17, 15) is 9.18 Å². The molecule has 1 amide bonds. The van der Waals surface area contributed by atoms with Gasteiger partial charge in [-0.3, -0.25) is 10.1 Å². The van der Waals surface area contributed by atoms with Crippen LogP contribution in [0.25, 0.3) is 0 Å². The number of amides is 1. The minimum Gasteiger partial charge on any atom is -0.484 e. The van der Waals surface area contributed by atoms with Gasteiger partial charge in [0.1, 0.15) is 16.6 Å². The van der Waals surface area contributed by atoms with Gasteiger partial charge in [0, 0.05) is 6.07 Å². The van der Waals surface area contributed by atoms with E-state index in [4.69, 9.17) is 16.3 Å². The Balaban J connectivity index is 1.88. The van der Waals surface area contributed by atoms with Gasteiger partial charge in [-0.25, -0.2) is 4.39 Å². The molecule has 8 heteroatoms. The van der Waals surface area contributed by atoms with Crippen molar-refractivity contribution in [2.75, 3.05) is 11.9 Å². The molecule has 0 aliphatic heterocycles. The Kier molecular flexibility index (Phi) is 4.28. The fourth-order valence-corrected chi connectivity index (χ4v) is 2.00. The first-order valence-corrected chi connectivity index (χ1v) is 6.42. The lowest BCUT2D eigenvalue weighted by molar-refractivity contribution is -0.118. The lowest BCUT2D eigenvalue weighted by Crippen LogP contribution is -2.20. The van der Waals surface area contributed by atoms with Gasteiger partial charge in [-0.15, -0.1) is 10.2 Å². The second kappa shape index (κ2) is 5.94. The highest BCUT2D eigenvalue weighted by molar-refractivity contribution is 7.15. The van der Waals surface area contributed by atoms with Crippen molar-refractivity contribution >= 4 is 34.0 Å². The molecule has 0 aliphatic carbocycles. The average molecular weight is 302 g/mol. The summed E-state index contributed by atoms with van der Waals surface area (Å²) in [5, 5.41) is 11.1. The number of aryl methyl sites for hydroxylation is 1. The number of hydrogen-bond acceptors (Lipinski definition) is 5. The highest BCUT2D eigenvalue weighted by Gasteiger charge is 2.08. The van der Waals surface area contributed by atoms with Crippen molar-refractivity contribution in [3.05, 3.63) is 34.0 Å². The van der Waals surface area contributed by atoms with Gasteiger partial charge in [-0.2, -0.15) is 0 Å². The van der Waals surface area contributed by atoms with Crippen molar-refractivity contribution < 1.29 is 13.9 Å². The Morgan fingerprint density at radius 1 is 1.53 bits per heavy atom. The van der Waals surface area contributed by atoms with Crippen LogP contribution in [0, 0.1) is 12.7 Å².